The molecule has 1 aromatic heterocycles. The number of piperidine rings is 3. The van der Waals surface area contributed by atoms with Crippen molar-refractivity contribution in [2.45, 2.75) is 31.9 Å². The molecule has 0 aliphatic carbocycles. The van der Waals surface area contributed by atoms with E-state index in [4.69, 9.17) is 9.47 Å². The monoisotopic (exact) mass is 385 g/mol. The van der Waals surface area contributed by atoms with Crippen LogP contribution in [0.5, 0.6) is 5.75 Å². The Morgan fingerprint density at radius 3 is 2.93 bits per heavy atom. The number of hydrogen-bond donors (Lipinski definition) is 0. The third-order valence-corrected chi connectivity index (χ3v) is 6.36. The fraction of sp³-hybridized carbons (Fsp3) is 0.455. The number of quaternary nitrogens is 1. The number of rotatable bonds is 5. The first kappa shape index (κ1) is 18.9. The summed E-state index contributed by atoms with van der Waals surface area (Å²) < 4.78 is 26.6. The summed E-state index contributed by atoms with van der Waals surface area (Å²) in [5.41, 5.74) is 1.54. The lowest BCUT2D eigenvalue weighted by Crippen LogP contribution is -2.64. The summed E-state index contributed by atoms with van der Waals surface area (Å²) in [6.45, 7) is 6.10. The van der Waals surface area contributed by atoms with E-state index in [2.05, 4.69) is 11.6 Å². The van der Waals surface area contributed by atoms with Gasteiger partial charge in [-0.25, -0.2) is 0 Å². The molecule has 5 rings (SSSR count). The van der Waals surface area contributed by atoms with Crippen LogP contribution in [-0.2, 0) is 9.53 Å². The first-order valence-corrected chi connectivity index (χ1v) is 9.74. The van der Waals surface area contributed by atoms with Gasteiger partial charge >= 0.3 is 5.97 Å². The molecule has 3 saturated heterocycles. The van der Waals surface area contributed by atoms with Crippen LogP contribution < -0.4 is 4.74 Å². The molecule has 4 heterocycles. The van der Waals surface area contributed by atoms with E-state index < -0.39 is 22.8 Å². The lowest BCUT2D eigenvalue weighted by molar-refractivity contribution is -1.09. The van der Waals surface area contributed by atoms with Crippen molar-refractivity contribution in [2.75, 3.05) is 20.2 Å². The minimum Gasteiger partial charge on any atom is -0.497 e. The Morgan fingerprint density at radius 2 is 2.25 bits per heavy atom. The number of methoxy groups -OCH3 is 1. The van der Waals surface area contributed by atoms with Gasteiger partial charge in [0.05, 0.1) is 12.6 Å². The molecule has 0 radical (unpaired) electrons. The summed E-state index contributed by atoms with van der Waals surface area (Å²) in [7, 11) is 1.60. The molecule has 1 aromatic carbocycles. The predicted molar refractivity (Wildman–Crippen MR) is 104 cm³/mol. The molecule has 3 aliphatic rings. The van der Waals surface area contributed by atoms with Gasteiger partial charge in [-0.15, -0.1) is 11.3 Å². The summed E-state index contributed by atoms with van der Waals surface area (Å²) in [5.74, 6) is 0.818. The summed E-state index contributed by atoms with van der Waals surface area (Å²) in [6, 6.07) is 6.97. The highest BCUT2D eigenvalue weighted by molar-refractivity contribution is 5.84. The molecular weight excluding hydrogens is 359 g/mol. The average Bonchev–Trinajstić information content (AvgIpc) is 2.70. The highest BCUT2D eigenvalue weighted by Crippen LogP contribution is 2.48. The molecule has 5 atom stereocenters. The number of esters is 1. The molecule has 6 heteroatoms. The van der Waals surface area contributed by atoms with Gasteiger partial charge in [0.25, 0.3) is 0 Å². The van der Waals surface area contributed by atoms with Gasteiger partial charge in [0, 0.05) is 42.8 Å². The van der Waals surface area contributed by atoms with E-state index in [-0.39, 0.29) is 5.92 Å². The number of ether oxygens (including phenoxy) is 2. The maximum Gasteiger partial charge on any atom is 0.303 e. The van der Waals surface area contributed by atoms with Crippen LogP contribution in [-0.4, -0.2) is 41.9 Å². The molecular formula is C22H26FN2O3+. The van der Waals surface area contributed by atoms with Crippen LogP contribution in [0.15, 0.2) is 43.1 Å². The average molecular weight is 385 g/mol. The van der Waals surface area contributed by atoms with Crippen LogP contribution in [0.25, 0.3) is 10.9 Å². The van der Waals surface area contributed by atoms with Gasteiger partial charge in [-0.05, 0) is 34.7 Å². The number of halogens is 1. The minimum atomic E-state index is -0.673. The van der Waals surface area contributed by atoms with Crippen molar-refractivity contribution in [1.29, 1.82) is 0 Å². The van der Waals surface area contributed by atoms with Crippen molar-refractivity contribution in [3.05, 3.63) is 48.7 Å². The van der Waals surface area contributed by atoms with E-state index >= 15 is 4.48 Å². The molecule has 2 aromatic rings. The number of aromatic nitrogens is 1. The Hall–Kier alpha value is -2.47. The zero-order valence-corrected chi connectivity index (χ0v) is 16.3. The van der Waals surface area contributed by atoms with Crippen LogP contribution in [0.4, 0.5) is 4.48 Å². The molecule has 0 saturated carbocycles. The van der Waals surface area contributed by atoms with E-state index in [1.165, 1.54) is 6.92 Å². The predicted octanol–water partition coefficient (Wildman–Crippen LogP) is 4.14. The van der Waals surface area contributed by atoms with Crippen molar-refractivity contribution in [2.24, 2.45) is 11.8 Å². The van der Waals surface area contributed by atoms with Crippen LogP contribution in [0.2, 0.25) is 0 Å². The fourth-order valence-corrected chi connectivity index (χ4v) is 4.96. The first-order chi connectivity index (χ1) is 13.4. The van der Waals surface area contributed by atoms with Crippen molar-refractivity contribution in [1.82, 2.24) is 4.98 Å². The topological polar surface area (TPSA) is 48.4 Å². The van der Waals surface area contributed by atoms with E-state index in [0.29, 0.717) is 31.2 Å². The highest BCUT2D eigenvalue weighted by atomic mass is 19.2. The maximum absolute atomic E-state index is 16.0. The van der Waals surface area contributed by atoms with Gasteiger partial charge in [0.1, 0.15) is 18.8 Å². The van der Waals surface area contributed by atoms with Gasteiger partial charge in [0.15, 0.2) is 12.1 Å². The summed E-state index contributed by atoms with van der Waals surface area (Å²) in [6.07, 6.45) is 4.39. The lowest BCUT2D eigenvalue weighted by atomic mass is 9.73. The molecule has 3 fully saturated rings. The maximum atomic E-state index is 16.0. The van der Waals surface area contributed by atoms with E-state index in [1.807, 2.05) is 30.3 Å². The zero-order valence-electron chi connectivity index (χ0n) is 16.3. The molecule has 2 bridgehead atoms. The molecule has 148 valence electrons. The summed E-state index contributed by atoms with van der Waals surface area (Å²) in [5, 5.41) is 0.822. The molecule has 3 aliphatic heterocycles. The van der Waals surface area contributed by atoms with Crippen LogP contribution in [0, 0.1) is 11.8 Å². The molecule has 0 N–H and O–H groups in total. The molecule has 0 amide bonds. The third-order valence-electron chi connectivity index (χ3n) is 6.36. The van der Waals surface area contributed by atoms with Gasteiger partial charge in [-0.1, -0.05) is 6.08 Å². The molecule has 28 heavy (non-hydrogen) atoms. The highest BCUT2D eigenvalue weighted by Gasteiger charge is 2.57. The SMILES string of the molecule is C=C[C@H]1C[N@+]2(F)CC[C@H]1C[C@@H]2[C@@H](OC(C)=O)c1ccnc2ccc(OC)cc12. The van der Waals surface area contributed by atoms with Crippen LogP contribution in [0.1, 0.15) is 31.4 Å². The third kappa shape index (κ3) is 3.15. The van der Waals surface area contributed by atoms with Gasteiger partial charge in [-0.3, -0.25) is 9.78 Å². The van der Waals surface area contributed by atoms with Gasteiger partial charge in [-0.2, -0.15) is 0 Å². The van der Waals surface area contributed by atoms with Gasteiger partial charge in [0.2, 0.25) is 0 Å². The molecule has 0 unspecified atom stereocenters. The van der Waals surface area contributed by atoms with Crippen molar-refractivity contribution in [3.8, 4) is 5.75 Å². The smallest absolute Gasteiger partial charge is 0.303 e. The van der Waals surface area contributed by atoms with E-state index in [0.717, 1.165) is 22.9 Å². The van der Waals surface area contributed by atoms with Crippen molar-refractivity contribution in [3.63, 3.8) is 0 Å². The van der Waals surface area contributed by atoms with Gasteiger partial charge < -0.3 is 9.47 Å². The number of pyridine rings is 1. The van der Waals surface area contributed by atoms with Crippen molar-refractivity contribution >= 4 is 16.9 Å². The quantitative estimate of drug-likeness (QED) is 0.441. The standard InChI is InChI=1S/C22H26FN2O3/c1-4-15-13-25(23)10-8-16(15)11-21(25)22(28-14(2)26)18-7-9-24-20-6-5-17(27-3)12-19(18)20/h4-7,9,12,15-16,21-22H,1,8,10-11,13H2,2-3H3/q+1/t15-,16-,21+,22-,25+/m0/s1. The second-order valence-corrected chi connectivity index (χ2v) is 7.90. The van der Waals surface area contributed by atoms with Crippen molar-refractivity contribution < 1.29 is 23.5 Å². The first-order valence-electron chi connectivity index (χ1n) is 9.74. The Labute approximate surface area is 164 Å². The van der Waals surface area contributed by atoms with E-state index in [9.17, 15) is 4.79 Å². The number of carbonyl (C=O) groups excluding carboxylic acids is 1. The fourth-order valence-electron chi connectivity index (χ4n) is 4.96. The number of hydrogen-bond acceptors (Lipinski definition) is 4. The Morgan fingerprint density at radius 1 is 1.43 bits per heavy atom. The molecule has 5 nitrogen and oxygen atoms in total. The largest absolute Gasteiger partial charge is 0.497 e. The second kappa shape index (κ2) is 7.17. The normalized spacial score (nSPS) is 30.0. The van der Waals surface area contributed by atoms with E-state index in [1.54, 1.807) is 13.3 Å². The number of fused-ring (bicyclic) bond motifs is 4. The number of nitrogens with zero attached hydrogens (tertiary/aromatic N) is 2. The Bertz CT molecular complexity index is 918. The Balaban J connectivity index is 1.81. The minimum absolute atomic E-state index is 0.169. The number of carbonyl (C=O) groups is 1. The van der Waals surface area contributed by atoms with Crippen LogP contribution in [0.3, 0.4) is 0 Å². The second-order valence-electron chi connectivity index (χ2n) is 7.90. The summed E-state index contributed by atoms with van der Waals surface area (Å²) >= 11 is 0. The Kier molecular flexibility index (Phi) is 4.83. The number of benzene rings is 1. The summed E-state index contributed by atoms with van der Waals surface area (Å²) in [4.78, 5) is 16.4. The zero-order chi connectivity index (χ0) is 19.9. The lowest BCUT2D eigenvalue weighted by Gasteiger charge is -2.50. The van der Waals surface area contributed by atoms with Crippen LogP contribution >= 0.6 is 0 Å². The molecule has 0 spiro atoms.